The minimum Gasteiger partial charge on any atom is -0.466 e. The lowest BCUT2D eigenvalue weighted by molar-refractivity contribution is -0.143. The van der Waals surface area contributed by atoms with E-state index in [4.69, 9.17) is 4.74 Å². The van der Waals surface area contributed by atoms with Crippen molar-refractivity contribution >= 4 is 11.9 Å². The van der Waals surface area contributed by atoms with Crippen molar-refractivity contribution < 1.29 is 24.5 Å². The summed E-state index contributed by atoms with van der Waals surface area (Å²) in [7, 11) is 0. The number of carbonyl (C=O) groups excluding carboxylic acids is 2. The molecule has 6 heteroatoms. The van der Waals surface area contributed by atoms with Gasteiger partial charge in [0.05, 0.1) is 25.4 Å². The summed E-state index contributed by atoms with van der Waals surface area (Å²) in [5.74, 6) is -0.0527. The van der Waals surface area contributed by atoms with E-state index in [-0.39, 0.29) is 18.5 Å². The number of aliphatic hydroxyl groups excluding tert-OH is 2. The number of hydrogen-bond donors (Lipinski definition) is 3. The van der Waals surface area contributed by atoms with Crippen LogP contribution in [-0.2, 0) is 14.3 Å². The molecule has 0 saturated carbocycles. The fourth-order valence-electron chi connectivity index (χ4n) is 9.40. The Morgan fingerprint density at radius 1 is 0.418 bits per heavy atom. The lowest BCUT2D eigenvalue weighted by Gasteiger charge is -2.22. The van der Waals surface area contributed by atoms with E-state index < -0.39 is 12.1 Å². The smallest absolute Gasteiger partial charge is 0.305 e. The topological polar surface area (TPSA) is 95.9 Å². The summed E-state index contributed by atoms with van der Waals surface area (Å²) in [6, 6.07) is -0.548. The average Bonchev–Trinajstić information content (AvgIpc) is 3.33. The standard InChI is InChI=1S/C61H117NO5/c1-3-5-7-9-11-13-15-17-18-19-24-27-31-35-39-43-47-51-55-61(66)67-56-52-48-44-40-36-32-28-25-22-20-21-23-26-30-34-38-42-46-50-54-60(65)62-58(57-63)59(64)53-49-45-41-37-33-29-16-14-12-10-8-6-4-2/h25,28,32,36,58-59,63-64H,3-24,26-27,29-31,33-35,37-57H2,1-2H3,(H,62,65)/b28-25-,36-32-. The first-order valence-electron chi connectivity index (χ1n) is 30.1. The lowest BCUT2D eigenvalue weighted by Crippen LogP contribution is -2.45. The van der Waals surface area contributed by atoms with Gasteiger partial charge in [0, 0.05) is 12.8 Å². The highest BCUT2D eigenvalue weighted by Gasteiger charge is 2.20. The Morgan fingerprint density at radius 2 is 0.731 bits per heavy atom. The first kappa shape index (κ1) is 65.3. The molecule has 0 radical (unpaired) electrons. The molecule has 0 aliphatic rings. The number of unbranched alkanes of at least 4 members (excludes halogenated alkanes) is 42. The van der Waals surface area contributed by atoms with Gasteiger partial charge in [0.15, 0.2) is 0 Å². The number of ether oxygens (including phenoxy) is 1. The second-order valence-corrected chi connectivity index (χ2v) is 20.7. The van der Waals surface area contributed by atoms with Gasteiger partial charge >= 0.3 is 5.97 Å². The molecule has 396 valence electrons. The van der Waals surface area contributed by atoms with Crippen LogP contribution in [-0.4, -0.2) is 47.4 Å². The molecule has 0 saturated heterocycles. The van der Waals surface area contributed by atoms with E-state index in [9.17, 15) is 19.8 Å². The number of carbonyl (C=O) groups is 2. The Kier molecular flexibility index (Phi) is 55.5. The van der Waals surface area contributed by atoms with Gasteiger partial charge in [-0.25, -0.2) is 0 Å². The fraction of sp³-hybridized carbons (Fsp3) is 0.902. The largest absolute Gasteiger partial charge is 0.466 e. The molecule has 0 aromatic heterocycles. The van der Waals surface area contributed by atoms with Gasteiger partial charge in [-0.05, 0) is 57.8 Å². The summed E-state index contributed by atoms with van der Waals surface area (Å²) in [4.78, 5) is 24.5. The number of esters is 1. The number of nitrogens with one attached hydrogen (secondary N) is 1. The van der Waals surface area contributed by atoms with E-state index in [2.05, 4.69) is 43.5 Å². The minimum absolute atomic E-state index is 0.00867. The molecule has 0 spiro atoms. The predicted molar refractivity (Wildman–Crippen MR) is 292 cm³/mol. The fourth-order valence-corrected chi connectivity index (χ4v) is 9.40. The molecule has 0 rings (SSSR count). The van der Waals surface area contributed by atoms with Crippen molar-refractivity contribution in [3.05, 3.63) is 24.3 Å². The van der Waals surface area contributed by atoms with Crippen molar-refractivity contribution in [1.82, 2.24) is 5.32 Å². The SMILES string of the molecule is CCCCCCCCCCCCCCCCCCCCC(=O)OCCCCC/C=C\C=C/CCCCCCCCCCCCC(=O)NC(CO)C(O)CCCCCCCCCCCCCCC. The third kappa shape index (κ3) is 53.5. The Morgan fingerprint density at radius 3 is 1.10 bits per heavy atom. The van der Waals surface area contributed by atoms with Crippen molar-refractivity contribution in [3.63, 3.8) is 0 Å². The molecule has 0 bridgehead atoms. The maximum atomic E-state index is 12.5. The van der Waals surface area contributed by atoms with Crippen molar-refractivity contribution in [3.8, 4) is 0 Å². The quantitative estimate of drug-likeness (QED) is 0.0321. The zero-order valence-electron chi connectivity index (χ0n) is 45.1. The summed E-state index contributed by atoms with van der Waals surface area (Å²) in [6.45, 7) is 4.93. The molecule has 0 aromatic carbocycles. The molecule has 0 aliphatic carbocycles. The predicted octanol–water partition coefficient (Wildman–Crippen LogP) is 18.6. The van der Waals surface area contributed by atoms with Gasteiger partial charge in [-0.2, -0.15) is 0 Å². The summed E-state index contributed by atoms with van der Waals surface area (Å²) < 4.78 is 5.47. The van der Waals surface area contributed by atoms with Gasteiger partial charge in [-0.1, -0.05) is 282 Å². The van der Waals surface area contributed by atoms with E-state index in [1.165, 1.54) is 225 Å². The normalized spacial score (nSPS) is 12.7. The van der Waals surface area contributed by atoms with Crippen molar-refractivity contribution in [2.75, 3.05) is 13.2 Å². The zero-order chi connectivity index (χ0) is 48.6. The highest BCUT2D eigenvalue weighted by atomic mass is 16.5. The molecule has 67 heavy (non-hydrogen) atoms. The highest BCUT2D eigenvalue weighted by Crippen LogP contribution is 2.17. The van der Waals surface area contributed by atoms with Crippen LogP contribution in [0.5, 0.6) is 0 Å². The second kappa shape index (κ2) is 56.9. The van der Waals surface area contributed by atoms with Gasteiger partial charge in [0.1, 0.15) is 0 Å². The first-order valence-corrected chi connectivity index (χ1v) is 30.1. The van der Waals surface area contributed by atoms with Gasteiger partial charge in [-0.3, -0.25) is 9.59 Å². The van der Waals surface area contributed by atoms with Crippen LogP contribution in [0.3, 0.4) is 0 Å². The van der Waals surface area contributed by atoms with Crippen LogP contribution < -0.4 is 5.32 Å². The zero-order valence-corrected chi connectivity index (χ0v) is 45.1. The molecule has 0 fully saturated rings. The number of allylic oxidation sites excluding steroid dienone is 4. The van der Waals surface area contributed by atoms with Gasteiger partial charge in [0.2, 0.25) is 5.91 Å². The Bertz CT molecular complexity index is 1040. The van der Waals surface area contributed by atoms with Gasteiger partial charge in [0.25, 0.3) is 0 Å². The number of aliphatic hydroxyl groups is 2. The molecule has 3 N–H and O–H groups in total. The second-order valence-electron chi connectivity index (χ2n) is 20.7. The lowest BCUT2D eigenvalue weighted by atomic mass is 10.0. The molecular weight excluding hydrogens is 827 g/mol. The molecule has 2 unspecified atom stereocenters. The van der Waals surface area contributed by atoms with Gasteiger partial charge < -0.3 is 20.3 Å². The van der Waals surface area contributed by atoms with Crippen LogP contribution in [0.25, 0.3) is 0 Å². The van der Waals surface area contributed by atoms with Crippen LogP contribution in [0.2, 0.25) is 0 Å². The first-order chi connectivity index (χ1) is 33.0. The van der Waals surface area contributed by atoms with Crippen LogP contribution in [0.4, 0.5) is 0 Å². The van der Waals surface area contributed by atoms with E-state index >= 15 is 0 Å². The van der Waals surface area contributed by atoms with Crippen LogP contribution in [0.1, 0.15) is 328 Å². The van der Waals surface area contributed by atoms with E-state index in [0.29, 0.717) is 25.9 Å². The van der Waals surface area contributed by atoms with E-state index in [1.54, 1.807) is 0 Å². The van der Waals surface area contributed by atoms with Crippen molar-refractivity contribution in [2.45, 2.75) is 341 Å². The van der Waals surface area contributed by atoms with Crippen molar-refractivity contribution in [2.24, 2.45) is 0 Å². The molecular formula is C61H117NO5. The van der Waals surface area contributed by atoms with Gasteiger partial charge in [-0.15, -0.1) is 0 Å². The van der Waals surface area contributed by atoms with E-state index in [1.807, 2.05) is 0 Å². The number of rotatable bonds is 56. The minimum atomic E-state index is -0.670. The van der Waals surface area contributed by atoms with Crippen molar-refractivity contribution in [1.29, 1.82) is 0 Å². The summed E-state index contributed by atoms with van der Waals surface area (Å²) in [5, 5.41) is 23.2. The van der Waals surface area contributed by atoms with E-state index in [0.717, 1.165) is 70.6 Å². The maximum absolute atomic E-state index is 12.5. The van der Waals surface area contributed by atoms with Crippen LogP contribution in [0, 0.1) is 0 Å². The Labute approximate surface area is 418 Å². The third-order valence-corrected chi connectivity index (χ3v) is 14.0. The Balaban J connectivity index is 3.44. The summed E-state index contributed by atoms with van der Waals surface area (Å²) >= 11 is 0. The maximum Gasteiger partial charge on any atom is 0.305 e. The van der Waals surface area contributed by atoms with Crippen LogP contribution >= 0.6 is 0 Å². The van der Waals surface area contributed by atoms with Crippen LogP contribution in [0.15, 0.2) is 24.3 Å². The Hall–Kier alpha value is -1.66. The highest BCUT2D eigenvalue weighted by molar-refractivity contribution is 5.76. The average molecular weight is 945 g/mol. The third-order valence-electron chi connectivity index (χ3n) is 14.0. The number of amides is 1. The molecule has 0 aromatic rings. The molecule has 2 atom stereocenters. The summed E-state index contributed by atoms with van der Waals surface area (Å²) in [5.41, 5.74) is 0. The number of hydrogen-bond acceptors (Lipinski definition) is 5. The molecule has 1 amide bonds. The summed E-state index contributed by atoms with van der Waals surface area (Å²) in [6.07, 6.45) is 68.9. The monoisotopic (exact) mass is 944 g/mol. The molecule has 0 heterocycles. The molecule has 6 nitrogen and oxygen atoms in total. The molecule has 0 aliphatic heterocycles.